The summed E-state index contributed by atoms with van der Waals surface area (Å²) in [5, 5.41) is 7.38. The molecule has 0 saturated carbocycles. The third kappa shape index (κ3) is 4.38. The molecule has 0 unspecified atom stereocenters. The molecule has 0 aliphatic heterocycles. The van der Waals surface area contributed by atoms with Crippen LogP contribution in [0.3, 0.4) is 0 Å². The van der Waals surface area contributed by atoms with Gasteiger partial charge >= 0.3 is 6.01 Å². The summed E-state index contributed by atoms with van der Waals surface area (Å²) < 4.78 is 16.4. The van der Waals surface area contributed by atoms with Gasteiger partial charge in [0, 0.05) is 6.08 Å². The van der Waals surface area contributed by atoms with Crippen molar-refractivity contribution in [3.8, 4) is 11.5 Å². The molecule has 0 saturated heterocycles. The van der Waals surface area contributed by atoms with Crippen LogP contribution in [0.5, 0.6) is 11.5 Å². The highest BCUT2D eigenvalue weighted by molar-refractivity contribution is 5.68. The summed E-state index contributed by atoms with van der Waals surface area (Å²) in [6.45, 7) is 2.54. The van der Waals surface area contributed by atoms with Gasteiger partial charge in [-0.3, -0.25) is 0 Å². The van der Waals surface area contributed by atoms with E-state index in [1.807, 2.05) is 24.3 Å². The first-order chi connectivity index (χ1) is 12.1. The standard InChI is InChI=1S/C19H19N3O3/c1-13-3-5-15(6-4-13)12-24-16-9-7-14(11-17(16)23-2)8-10-18-21-22-19(20)25-18/h3-11H,12H2,1-2H3,(H2,20,22)/b10-8+. The number of ether oxygens (including phenoxy) is 2. The maximum absolute atomic E-state index is 5.87. The summed E-state index contributed by atoms with van der Waals surface area (Å²) >= 11 is 0. The van der Waals surface area contributed by atoms with Crippen molar-refractivity contribution in [3.05, 3.63) is 65.0 Å². The van der Waals surface area contributed by atoms with E-state index in [2.05, 4.69) is 41.4 Å². The van der Waals surface area contributed by atoms with Crippen molar-refractivity contribution in [2.45, 2.75) is 13.5 Å². The van der Waals surface area contributed by atoms with Gasteiger partial charge in [0.2, 0.25) is 5.89 Å². The molecule has 0 atom stereocenters. The number of nitrogens with zero attached hydrogens (tertiary/aromatic N) is 2. The Morgan fingerprint density at radius 2 is 1.84 bits per heavy atom. The Kier molecular flexibility index (Phi) is 4.99. The first kappa shape index (κ1) is 16.6. The van der Waals surface area contributed by atoms with Gasteiger partial charge in [0.05, 0.1) is 7.11 Å². The maximum Gasteiger partial charge on any atom is 0.313 e. The molecule has 0 bridgehead atoms. The number of rotatable bonds is 6. The molecule has 6 heteroatoms. The quantitative estimate of drug-likeness (QED) is 0.738. The number of nitrogens with two attached hydrogens (primary N) is 1. The second-order valence-electron chi connectivity index (χ2n) is 5.50. The first-order valence-electron chi connectivity index (χ1n) is 7.77. The van der Waals surface area contributed by atoms with E-state index in [4.69, 9.17) is 19.6 Å². The minimum atomic E-state index is 0.0390. The predicted molar refractivity (Wildman–Crippen MR) is 96.1 cm³/mol. The van der Waals surface area contributed by atoms with Gasteiger partial charge in [-0.1, -0.05) is 41.0 Å². The third-order valence-electron chi connectivity index (χ3n) is 3.58. The average Bonchev–Trinajstić information content (AvgIpc) is 3.05. The van der Waals surface area contributed by atoms with E-state index >= 15 is 0 Å². The van der Waals surface area contributed by atoms with Gasteiger partial charge in [0.15, 0.2) is 11.5 Å². The SMILES string of the molecule is COc1cc(/C=C/c2nnc(N)o2)ccc1OCc1ccc(C)cc1. The Balaban J connectivity index is 1.70. The summed E-state index contributed by atoms with van der Waals surface area (Å²) in [5.74, 6) is 1.68. The molecule has 1 heterocycles. The molecule has 0 spiro atoms. The van der Waals surface area contributed by atoms with E-state index in [1.54, 1.807) is 13.2 Å². The highest BCUT2D eigenvalue weighted by Gasteiger charge is 2.06. The normalized spacial score (nSPS) is 11.0. The molecule has 3 aromatic rings. The van der Waals surface area contributed by atoms with Crippen LogP contribution >= 0.6 is 0 Å². The number of nitrogen functional groups attached to an aromatic ring is 1. The number of aryl methyl sites for hydroxylation is 1. The molecular formula is C19H19N3O3. The fourth-order valence-electron chi connectivity index (χ4n) is 2.23. The van der Waals surface area contributed by atoms with E-state index in [1.165, 1.54) is 5.56 Å². The fraction of sp³-hybridized carbons (Fsp3) is 0.158. The van der Waals surface area contributed by atoms with Crippen molar-refractivity contribution in [2.75, 3.05) is 12.8 Å². The van der Waals surface area contributed by atoms with E-state index in [0.29, 0.717) is 24.0 Å². The summed E-state index contributed by atoms with van der Waals surface area (Å²) in [5.41, 5.74) is 8.63. The van der Waals surface area contributed by atoms with Gasteiger partial charge in [-0.15, -0.1) is 5.10 Å². The van der Waals surface area contributed by atoms with Gasteiger partial charge < -0.3 is 19.6 Å². The molecular weight excluding hydrogens is 318 g/mol. The van der Waals surface area contributed by atoms with Crippen LogP contribution in [0.4, 0.5) is 6.01 Å². The molecule has 0 amide bonds. The van der Waals surface area contributed by atoms with Crippen LogP contribution in [0.2, 0.25) is 0 Å². The van der Waals surface area contributed by atoms with Crippen LogP contribution in [-0.4, -0.2) is 17.3 Å². The molecule has 128 valence electrons. The zero-order valence-electron chi connectivity index (χ0n) is 14.1. The van der Waals surface area contributed by atoms with Crippen LogP contribution < -0.4 is 15.2 Å². The molecule has 2 aromatic carbocycles. The fourth-order valence-corrected chi connectivity index (χ4v) is 2.23. The molecule has 2 N–H and O–H groups in total. The van der Waals surface area contributed by atoms with Crippen molar-refractivity contribution in [1.82, 2.24) is 10.2 Å². The van der Waals surface area contributed by atoms with Crippen LogP contribution in [0, 0.1) is 6.92 Å². The smallest absolute Gasteiger partial charge is 0.313 e. The molecule has 0 radical (unpaired) electrons. The lowest BCUT2D eigenvalue weighted by Crippen LogP contribution is -1.98. The van der Waals surface area contributed by atoms with Gasteiger partial charge in [0.1, 0.15) is 6.61 Å². The Hall–Kier alpha value is -3.28. The summed E-state index contributed by atoms with van der Waals surface area (Å²) in [6, 6.07) is 13.9. The van der Waals surface area contributed by atoms with Crippen LogP contribution in [0.15, 0.2) is 46.9 Å². The van der Waals surface area contributed by atoms with Crippen molar-refractivity contribution in [3.63, 3.8) is 0 Å². The van der Waals surface area contributed by atoms with Crippen LogP contribution in [0.25, 0.3) is 12.2 Å². The Morgan fingerprint density at radius 3 is 2.52 bits per heavy atom. The number of benzene rings is 2. The number of anilines is 1. The summed E-state index contributed by atoms with van der Waals surface area (Å²) in [6.07, 6.45) is 3.52. The van der Waals surface area contributed by atoms with Gasteiger partial charge in [0.25, 0.3) is 0 Å². The second kappa shape index (κ2) is 7.53. The Bertz CT molecular complexity index is 870. The van der Waals surface area contributed by atoms with E-state index in [9.17, 15) is 0 Å². The number of aromatic nitrogens is 2. The monoisotopic (exact) mass is 337 g/mol. The second-order valence-corrected chi connectivity index (χ2v) is 5.50. The van der Waals surface area contributed by atoms with Crippen molar-refractivity contribution in [1.29, 1.82) is 0 Å². The summed E-state index contributed by atoms with van der Waals surface area (Å²) in [7, 11) is 1.61. The molecule has 1 aromatic heterocycles. The predicted octanol–water partition coefficient (Wildman–Crippen LogP) is 3.72. The Labute approximate surface area is 145 Å². The minimum absolute atomic E-state index is 0.0390. The van der Waals surface area contributed by atoms with Gasteiger partial charge in [-0.05, 0) is 36.3 Å². The minimum Gasteiger partial charge on any atom is -0.493 e. The number of hydrogen-bond acceptors (Lipinski definition) is 6. The lowest BCUT2D eigenvalue weighted by molar-refractivity contribution is 0.284. The lowest BCUT2D eigenvalue weighted by Gasteiger charge is -2.11. The van der Waals surface area contributed by atoms with Gasteiger partial charge in [-0.25, -0.2) is 0 Å². The number of hydrogen-bond donors (Lipinski definition) is 1. The topological polar surface area (TPSA) is 83.4 Å². The number of methoxy groups -OCH3 is 1. The largest absolute Gasteiger partial charge is 0.493 e. The first-order valence-corrected chi connectivity index (χ1v) is 7.77. The maximum atomic E-state index is 5.87. The van der Waals surface area contributed by atoms with Crippen LogP contribution in [-0.2, 0) is 6.61 Å². The molecule has 0 aliphatic carbocycles. The molecule has 25 heavy (non-hydrogen) atoms. The van der Waals surface area contributed by atoms with Crippen molar-refractivity contribution < 1.29 is 13.9 Å². The molecule has 6 nitrogen and oxygen atoms in total. The lowest BCUT2D eigenvalue weighted by atomic mass is 10.1. The summed E-state index contributed by atoms with van der Waals surface area (Å²) in [4.78, 5) is 0. The highest BCUT2D eigenvalue weighted by Crippen LogP contribution is 2.29. The third-order valence-corrected chi connectivity index (χ3v) is 3.58. The molecule has 0 fully saturated rings. The Morgan fingerprint density at radius 1 is 1.04 bits per heavy atom. The van der Waals surface area contributed by atoms with E-state index in [-0.39, 0.29) is 6.01 Å². The van der Waals surface area contributed by atoms with Crippen molar-refractivity contribution in [2.24, 2.45) is 0 Å². The average molecular weight is 337 g/mol. The zero-order chi connectivity index (χ0) is 17.6. The van der Waals surface area contributed by atoms with Crippen LogP contribution in [0.1, 0.15) is 22.6 Å². The van der Waals surface area contributed by atoms with Gasteiger partial charge in [-0.2, -0.15) is 0 Å². The van der Waals surface area contributed by atoms with E-state index < -0.39 is 0 Å². The molecule has 3 rings (SSSR count). The van der Waals surface area contributed by atoms with E-state index in [0.717, 1.165) is 11.1 Å². The highest BCUT2D eigenvalue weighted by atomic mass is 16.5. The zero-order valence-corrected chi connectivity index (χ0v) is 14.1. The molecule has 0 aliphatic rings. The van der Waals surface area contributed by atoms with Crippen molar-refractivity contribution >= 4 is 18.2 Å².